The summed E-state index contributed by atoms with van der Waals surface area (Å²) >= 11 is 0. The molecule has 0 heterocycles. The van der Waals surface area contributed by atoms with E-state index in [1.807, 2.05) is 12.1 Å². The molecule has 0 aliphatic rings. The maximum absolute atomic E-state index is 12.4. The normalized spacial score (nSPS) is 12.3. The summed E-state index contributed by atoms with van der Waals surface area (Å²) in [6.07, 6.45) is 1.73. The van der Waals surface area contributed by atoms with Crippen LogP contribution in [0.5, 0.6) is 5.75 Å². The van der Waals surface area contributed by atoms with E-state index in [1.54, 1.807) is 12.1 Å². The zero-order valence-electron chi connectivity index (χ0n) is 17.9. The molecule has 0 radical (unpaired) electrons. The molecule has 0 atom stereocenters. The first-order valence-electron chi connectivity index (χ1n) is 9.82. The van der Waals surface area contributed by atoms with Crippen LogP contribution in [0.3, 0.4) is 0 Å². The van der Waals surface area contributed by atoms with Crippen LogP contribution in [-0.2, 0) is 28.5 Å². The lowest BCUT2D eigenvalue weighted by Gasteiger charge is -2.30. The Hall–Kier alpha value is -2.09. The molecule has 27 heavy (non-hydrogen) atoms. The molecule has 0 aliphatic carbocycles. The van der Waals surface area contributed by atoms with Crippen LogP contribution in [0.2, 0.25) is 0 Å². The van der Waals surface area contributed by atoms with Crippen LogP contribution >= 0.6 is 0 Å². The number of carbonyl (C=O) groups excluding carboxylic acids is 1. The van der Waals surface area contributed by atoms with Gasteiger partial charge >= 0.3 is 0 Å². The summed E-state index contributed by atoms with van der Waals surface area (Å²) in [6.45, 7) is 15.7. The van der Waals surface area contributed by atoms with Crippen LogP contribution < -0.4 is 0 Å². The van der Waals surface area contributed by atoms with Crippen LogP contribution in [0.25, 0.3) is 0 Å². The molecule has 0 fully saturated rings. The fourth-order valence-corrected chi connectivity index (χ4v) is 3.69. The molecule has 0 aliphatic heterocycles. The Morgan fingerprint density at radius 3 is 1.78 bits per heavy atom. The van der Waals surface area contributed by atoms with Crippen LogP contribution in [-0.4, -0.2) is 10.9 Å². The lowest BCUT2D eigenvalue weighted by Crippen LogP contribution is -2.20. The third-order valence-corrected chi connectivity index (χ3v) is 5.11. The first-order chi connectivity index (χ1) is 12.4. The number of aromatic hydroxyl groups is 1. The van der Waals surface area contributed by atoms with Crippen LogP contribution in [0.15, 0.2) is 36.4 Å². The molecule has 1 N–H and O–H groups in total. The standard InChI is InChI=1S/C25H34O2/c1-17-22(24(2,3)4)15-19(16-23(17)25(5,6)7)10-13-21(27)14-18-8-11-20(26)12-9-18/h8-9,11-12,15-16,26H,10,13-14H2,1-7H3. The van der Waals surface area contributed by atoms with E-state index in [-0.39, 0.29) is 22.4 Å². The highest BCUT2D eigenvalue weighted by molar-refractivity contribution is 5.81. The molecule has 2 aromatic rings. The number of carbonyl (C=O) groups is 1. The van der Waals surface area contributed by atoms with Crippen molar-refractivity contribution in [3.63, 3.8) is 0 Å². The molecule has 146 valence electrons. The third-order valence-electron chi connectivity index (χ3n) is 5.11. The fraction of sp³-hybridized carbons (Fsp3) is 0.480. The van der Waals surface area contributed by atoms with E-state index < -0.39 is 0 Å². The molecule has 2 aromatic carbocycles. The van der Waals surface area contributed by atoms with Gasteiger partial charge in [0.2, 0.25) is 0 Å². The zero-order valence-corrected chi connectivity index (χ0v) is 17.9. The average molecular weight is 367 g/mol. The van der Waals surface area contributed by atoms with Gasteiger partial charge in [0.1, 0.15) is 11.5 Å². The van der Waals surface area contributed by atoms with Crippen LogP contribution in [0, 0.1) is 6.92 Å². The van der Waals surface area contributed by atoms with Crippen molar-refractivity contribution in [1.29, 1.82) is 0 Å². The lowest BCUT2D eigenvalue weighted by molar-refractivity contribution is -0.118. The molecule has 0 amide bonds. The SMILES string of the molecule is Cc1c(C(C)(C)C)cc(CCC(=O)Cc2ccc(O)cc2)cc1C(C)(C)C. The Labute approximate surface area is 164 Å². The molecule has 0 spiro atoms. The van der Waals surface area contributed by atoms with Gasteiger partial charge in [-0.1, -0.05) is 65.8 Å². The zero-order chi connectivity index (χ0) is 20.4. The van der Waals surface area contributed by atoms with Gasteiger partial charge in [0.05, 0.1) is 0 Å². The number of ketones is 1. The minimum absolute atomic E-state index is 0.0795. The van der Waals surface area contributed by atoms with Crippen LogP contribution in [0.1, 0.15) is 75.8 Å². The first kappa shape index (κ1) is 21.2. The summed E-state index contributed by atoms with van der Waals surface area (Å²) in [5.41, 5.74) is 6.47. The summed E-state index contributed by atoms with van der Waals surface area (Å²) in [4.78, 5) is 12.4. The Morgan fingerprint density at radius 2 is 1.33 bits per heavy atom. The second kappa shape index (κ2) is 7.88. The van der Waals surface area contributed by atoms with Crippen molar-refractivity contribution in [3.05, 3.63) is 64.2 Å². The smallest absolute Gasteiger partial charge is 0.137 e. The summed E-state index contributed by atoms with van der Waals surface area (Å²) in [5.74, 6) is 0.464. The van der Waals surface area contributed by atoms with E-state index in [4.69, 9.17) is 0 Å². The summed E-state index contributed by atoms with van der Waals surface area (Å²) in [6, 6.07) is 11.5. The highest BCUT2D eigenvalue weighted by Gasteiger charge is 2.24. The maximum atomic E-state index is 12.4. The number of rotatable bonds is 5. The highest BCUT2D eigenvalue weighted by atomic mass is 16.3. The largest absolute Gasteiger partial charge is 0.508 e. The molecule has 0 bridgehead atoms. The van der Waals surface area contributed by atoms with Gasteiger partial charge in [-0.2, -0.15) is 0 Å². The van der Waals surface area contributed by atoms with Gasteiger partial charge in [-0.3, -0.25) is 4.79 Å². The van der Waals surface area contributed by atoms with Gasteiger partial charge < -0.3 is 5.11 Å². The number of Topliss-reactive ketones (excluding diaryl/α,β-unsaturated/α-hetero) is 1. The van der Waals surface area contributed by atoms with E-state index >= 15 is 0 Å². The third kappa shape index (κ3) is 5.69. The highest BCUT2D eigenvalue weighted by Crippen LogP contribution is 2.35. The quantitative estimate of drug-likeness (QED) is 0.700. The van der Waals surface area contributed by atoms with Crippen molar-refractivity contribution in [2.75, 3.05) is 0 Å². The Balaban J connectivity index is 2.20. The predicted octanol–water partition coefficient (Wildman–Crippen LogP) is 6.04. The monoisotopic (exact) mass is 366 g/mol. The molecule has 2 heteroatoms. The van der Waals surface area contributed by atoms with E-state index in [0.29, 0.717) is 12.8 Å². The molecular formula is C25H34O2. The lowest BCUT2D eigenvalue weighted by atomic mass is 9.75. The van der Waals surface area contributed by atoms with Crippen molar-refractivity contribution >= 4 is 5.78 Å². The van der Waals surface area contributed by atoms with Crippen molar-refractivity contribution in [3.8, 4) is 5.75 Å². The fourth-order valence-electron chi connectivity index (χ4n) is 3.69. The number of phenols is 1. The van der Waals surface area contributed by atoms with Crippen molar-refractivity contribution in [2.45, 2.75) is 78.6 Å². The van der Waals surface area contributed by atoms with Gasteiger partial charge in [-0.15, -0.1) is 0 Å². The number of aryl methyl sites for hydroxylation is 1. The van der Waals surface area contributed by atoms with E-state index in [1.165, 1.54) is 22.3 Å². The number of hydrogen-bond donors (Lipinski definition) is 1. The van der Waals surface area contributed by atoms with E-state index in [9.17, 15) is 9.90 Å². The van der Waals surface area contributed by atoms with E-state index in [0.717, 1.165) is 12.0 Å². The van der Waals surface area contributed by atoms with Gasteiger partial charge in [-0.05, 0) is 64.1 Å². The van der Waals surface area contributed by atoms with Gasteiger partial charge in [0, 0.05) is 12.8 Å². The first-order valence-corrected chi connectivity index (χ1v) is 9.82. The second-order valence-corrected chi connectivity index (χ2v) is 9.70. The molecule has 2 nitrogen and oxygen atoms in total. The molecule has 0 aromatic heterocycles. The molecule has 0 unspecified atom stereocenters. The Morgan fingerprint density at radius 1 is 0.852 bits per heavy atom. The predicted molar refractivity (Wildman–Crippen MR) is 114 cm³/mol. The topological polar surface area (TPSA) is 37.3 Å². The van der Waals surface area contributed by atoms with Gasteiger partial charge in [0.25, 0.3) is 0 Å². The molecule has 2 rings (SSSR count). The molecule has 0 saturated carbocycles. The maximum Gasteiger partial charge on any atom is 0.137 e. The summed E-state index contributed by atoms with van der Waals surface area (Å²) in [5, 5.41) is 9.36. The van der Waals surface area contributed by atoms with Crippen molar-refractivity contribution in [2.24, 2.45) is 0 Å². The second-order valence-electron chi connectivity index (χ2n) is 9.70. The van der Waals surface area contributed by atoms with Crippen molar-refractivity contribution < 1.29 is 9.90 Å². The summed E-state index contributed by atoms with van der Waals surface area (Å²) < 4.78 is 0. The molecule has 0 saturated heterocycles. The molecular weight excluding hydrogens is 332 g/mol. The average Bonchev–Trinajstić information content (AvgIpc) is 2.54. The van der Waals surface area contributed by atoms with Crippen molar-refractivity contribution in [1.82, 2.24) is 0 Å². The summed E-state index contributed by atoms with van der Waals surface area (Å²) in [7, 11) is 0. The Kier molecular flexibility index (Phi) is 6.19. The van der Waals surface area contributed by atoms with Crippen LogP contribution in [0.4, 0.5) is 0 Å². The van der Waals surface area contributed by atoms with Gasteiger partial charge in [0.15, 0.2) is 0 Å². The van der Waals surface area contributed by atoms with Gasteiger partial charge in [-0.25, -0.2) is 0 Å². The minimum Gasteiger partial charge on any atom is -0.508 e. The number of benzene rings is 2. The van der Waals surface area contributed by atoms with E-state index in [2.05, 4.69) is 60.6 Å². The minimum atomic E-state index is 0.0795. The number of hydrogen-bond acceptors (Lipinski definition) is 2. The number of phenolic OH excluding ortho intramolecular Hbond substituents is 1. The Bertz CT molecular complexity index is 765.